The van der Waals surface area contributed by atoms with Gasteiger partial charge in [0.25, 0.3) is 0 Å². The van der Waals surface area contributed by atoms with Crippen LogP contribution < -0.4 is 0 Å². The van der Waals surface area contributed by atoms with Gasteiger partial charge in [-0.25, -0.2) is 9.97 Å². The standard InChI is InChI=1S/C13H15ClN4/c1-8-15-7-11(14)13(17-8)10-6-16-18(2)12(10)5-9-3-4-9/h6-7,9H,3-5H2,1-2H3. The minimum atomic E-state index is 0.589. The highest BCUT2D eigenvalue weighted by atomic mass is 35.5. The second-order valence-corrected chi connectivity index (χ2v) is 5.30. The maximum Gasteiger partial charge on any atom is 0.126 e. The van der Waals surface area contributed by atoms with Gasteiger partial charge in [-0.1, -0.05) is 11.6 Å². The highest BCUT2D eigenvalue weighted by molar-refractivity contribution is 6.32. The second kappa shape index (κ2) is 4.35. The van der Waals surface area contributed by atoms with Crippen molar-refractivity contribution in [1.82, 2.24) is 19.7 Å². The van der Waals surface area contributed by atoms with E-state index in [9.17, 15) is 0 Å². The van der Waals surface area contributed by atoms with Gasteiger partial charge >= 0.3 is 0 Å². The number of hydrogen-bond donors (Lipinski definition) is 0. The van der Waals surface area contributed by atoms with Gasteiger partial charge in [-0.15, -0.1) is 0 Å². The molecule has 5 heteroatoms. The van der Waals surface area contributed by atoms with Gasteiger partial charge < -0.3 is 0 Å². The number of rotatable bonds is 3. The summed E-state index contributed by atoms with van der Waals surface area (Å²) in [6.07, 6.45) is 7.21. The topological polar surface area (TPSA) is 43.6 Å². The van der Waals surface area contributed by atoms with Gasteiger partial charge in [-0.2, -0.15) is 5.10 Å². The predicted octanol–water partition coefficient (Wildman–Crippen LogP) is 2.79. The summed E-state index contributed by atoms with van der Waals surface area (Å²) in [7, 11) is 1.98. The summed E-state index contributed by atoms with van der Waals surface area (Å²) >= 11 is 6.20. The number of aryl methyl sites for hydroxylation is 2. The van der Waals surface area contributed by atoms with Gasteiger partial charge in [0.15, 0.2) is 0 Å². The van der Waals surface area contributed by atoms with E-state index in [4.69, 9.17) is 11.6 Å². The smallest absolute Gasteiger partial charge is 0.126 e. The summed E-state index contributed by atoms with van der Waals surface area (Å²) in [6, 6.07) is 0. The first-order valence-electron chi connectivity index (χ1n) is 6.15. The fourth-order valence-corrected chi connectivity index (χ4v) is 2.34. The zero-order chi connectivity index (χ0) is 12.7. The molecule has 1 aliphatic carbocycles. The van der Waals surface area contributed by atoms with Crippen molar-refractivity contribution >= 4 is 11.6 Å². The molecule has 0 atom stereocenters. The lowest BCUT2D eigenvalue weighted by molar-refractivity contribution is 0.677. The van der Waals surface area contributed by atoms with Crippen LogP contribution in [0.4, 0.5) is 0 Å². The Morgan fingerprint density at radius 3 is 2.89 bits per heavy atom. The molecule has 1 saturated carbocycles. The predicted molar refractivity (Wildman–Crippen MR) is 70.4 cm³/mol. The lowest BCUT2D eigenvalue weighted by atomic mass is 10.1. The van der Waals surface area contributed by atoms with Crippen LogP contribution >= 0.6 is 11.6 Å². The molecule has 2 heterocycles. The second-order valence-electron chi connectivity index (χ2n) is 4.89. The van der Waals surface area contributed by atoms with Crippen molar-refractivity contribution < 1.29 is 0 Å². The highest BCUT2D eigenvalue weighted by Gasteiger charge is 2.25. The molecular weight excluding hydrogens is 248 g/mol. The van der Waals surface area contributed by atoms with E-state index in [1.165, 1.54) is 18.5 Å². The fraction of sp³-hybridized carbons (Fsp3) is 0.462. The summed E-state index contributed by atoms with van der Waals surface area (Å²) < 4.78 is 1.93. The molecular formula is C13H15ClN4. The van der Waals surface area contributed by atoms with Crippen LogP contribution in [0.1, 0.15) is 24.4 Å². The average Bonchev–Trinajstić information content (AvgIpc) is 3.09. The van der Waals surface area contributed by atoms with Crippen molar-refractivity contribution in [2.75, 3.05) is 0 Å². The molecule has 94 valence electrons. The van der Waals surface area contributed by atoms with Crippen LogP contribution in [0.5, 0.6) is 0 Å². The van der Waals surface area contributed by atoms with Gasteiger partial charge in [0.05, 0.1) is 16.9 Å². The van der Waals surface area contributed by atoms with Gasteiger partial charge in [0, 0.05) is 24.5 Å². The van der Waals surface area contributed by atoms with E-state index in [0.717, 1.165) is 29.4 Å². The number of nitrogens with zero attached hydrogens (tertiary/aromatic N) is 4. The molecule has 0 aromatic carbocycles. The van der Waals surface area contributed by atoms with Crippen molar-refractivity contribution in [3.63, 3.8) is 0 Å². The first-order valence-corrected chi connectivity index (χ1v) is 6.53. The first kappa shape index (κ1) is 11.7. The van der Waals surface area contributed by atoms with Crippen molar-refractivity contribution in [2.45, 2.75) is 26.2 Å². The zero-order valence-corrected chi connectivity index (χ0v) is 11.3. The van der Waals surface area contributed by atoms with E-state index in [1.807, 2.05) is 24.9 Å². The molecule has 1 aliphatic rings. The van der Waals surface area contributed by atoms with Crippen LogP contribution in [0.3, 0.4) is 0 Å². The Morgan fingerprint density at radius 1 is 1.39 bits per heavy atom. The quantitative estimate of drug-likeness (QED) is 0.854. The molecule has 0 radical (unpaired) electrons. The SMILES string of the molecule is Cc1ncc(Cl)c(-c2cnn(C)c2CC2CC2)n1. The van der Waals surface area contributed by atoms with Gasteiger partial charge in [0.2, 0.25) is 0 Å². The summed E-state index contributed by atoms with van der Waals surface area (Å²) in [4.78, 5) is 8.55. The molecule has 1 fully saturated rings. The molecule has 2 aromatic heterocycles. The Morgan fingerprint density at radius 2 is 2.17 bits per heavy atom. The molecule has 0 bridgehead atoms. The number of halogens is 1. The summed E-state index contributed by atoms with van der Waals surface area (Å²) in [5.74, 6) is 1.54. The van der Waals surface area contributed by atoms with E-state index >= 15 is 0 Å². The zero-order valence-electron chi connectivity index (χ0n) is 10.5. The molecule has 0 spiro atoms. The molecule has 4 nitrogen and oxygen atoms in total. The van der Waals surface area contributed by atoms with E-state index in [-0.39, 0.29) is 0 Å². The minimum absolute atomic E-state index is 0.589. The van der Waals surface area contributed by atoms with E-state index in [0.29, 0.717) is 5.02 Å². The Kier molecular flexibility index (Phi) is 2.82. The molecule has 0 unspecified atom stereocenters. The molecule has 3 rings (SSSR count). The van der Waals surface area contributed by atoms with E-state index in [2.05, 4.69) is 15.1 Å². The van der Waals surface area contributed by atoms with Gasteiger partial charge in [0.1, 0.15) is 5.82 Å². The molecule has 0 saturated heterocycles. The third kappa shape index (κ3) is 2.12. The van der Waals surface area contributed by atoms with Crippen molar-refractivity contribution in [3.05, 3.63) is 28.9 Å². The molecule has 0 aliphatic heterocycles. The van der Waals surface area contributed by atoms with Crippen LogP contribution in [0.2, 0.25) is 5.02 Å². The Bertz CT molecular complexity index is 587. The normalized spacial score (nSPS) is 15.1. The van der Waals surface area contributed by atoms with Gasteiger partial charge in [-0.05, 0) is 32.1 Å². The number of hydrogen-bond acceptors (Lipinski definition) is 3. The van der Waals surface area contributed by atoms with Crippen LogP contribution in [-0.2, 0) is 13.5 Å². The summed E-state index contributed by atoms with van der Waals surface area (Å²) in [5, 5.41) is 4.93. The monoisotopic (exact) mass is 262 g/mol. The Hall–Kier alpha value is -1.42. The third-order valence-electron chi connectivity index (χ3n) is 3.36. The Balaban J connectivity index is 2.07. The fourth-order valence-electron chi connectivity index (χ4n) is 2.14. The molecule has 0 N–H and O–H groups in total. The van der Waals surface area contributed by atoms with Crippen molar-refractivity contribution in [3.8, 4) is 11.3 Å². The lowest BCUT2D eigenvalue weighted by Crippen LogP contribution is -2.01. The Labute approximate surface area is 111 Å². The van der Waals surface area contributed by atoms with E-state index < -0.39 is 0 Å². The molecule has 0 amide bonds. The number of aromatic nitrogens is 4. The van der Waals surface area contributed by atoms with Crippen molar-refractivity contribution in [1.29, 1.82) is 0 Å². The third-order valence-corrected chi connectivity index (χ3v) is 3.64. The average molecular weight is 263 g/mol. The van der Waals surface area contributed by atoms with Crippen LogP contribution in [0.15, 0.2) is 12.4 Å². The maximum absolute atomic E-state index is 6.20. The van der Waals surface area contributed by atoms with E-state index in [1.54, 1.807) is 6.20 Å². The van der Waals surface area contributed by atoms with Crippen LogP contribution in [0.25, 0.3) is 11.3 Å². The highest BCUT2D eigenvalue weighted by Crippen LogP contribution is 2.36. The molecule has 2 aromatic rings. The summed E-state index contributed by atoms with van der Waals surface area (Å²) in [5.41, 5.74) is 3.06. The maximum atomic E-state index is 6.20. The largest absolute Gasteiger partial charge is 0.272 e. The van der Waals surface area contributed by atoms with Gasteiger partial charge in [-0.3, -0.25) is 4.68 Å². The molecule has 18 heavy (non-hydrogen) atoms. The lowest BCUT2D eigenvalue weighted by Gasteiger charge is -2.07. The van der Waals surface area contributed by atoms with Crippen LogP contribution in [-0.4, -0.2) is 19.7 Å². The first-order chi connectivity index (χ1) is 8.65. The van der Waals surface area contributed by atoms with Crippen LogP contribution in [0, 0.1) is 12.8 Å². The van der Waals surface area contributed by atoms with Crippen molar-refractivity contribution in [2.24, 2.45) is 13.0 Å². The minimum Gasteiger partial charge on any atom is -0.272 e. The summed E-state index contributed by atoms with van der Waals surface area (Å²) in [6.45, 7) is 1.87.